The Hall–Kier alpha value is -1.87. The Morgan fingerprint density at radius 2 is 2.25 bits per heavy atom. The summed E-state index contributed by atoms with van der Waals surface area (Å²) in [5.74, 6) is 0.218. The monoisotopic (exact) mass is 235 g/mol. The maximum Gasteiger partial charge on any atom is 0.191 e. The number of nitriles is 1. The fraction of sp³-hybridized carbons (Fsp3) is 0.200. The van der Waals surface area contributed by atoms with Gasteiger partial charge in [0.1, 0.15) is 11.6 Å². The van der Waals surface area contributed by atoms with E-state index in [4.69, 9.17) is 5.26 Å². The summed E-state index contributed by atoms with van der Waals surface area (Å²) in [6, 6.07) is 6.24. The molecule has 0 aliphatic carbocycles. The van der Waals surface area contributed by atoms with Gasteiger partial charge in [-0.25, -0.2) is 13.4 Å². The number of H-pyrrole nitrogens is 1. The van der Waals surface area contributed by atoms with Gasteiger partial charge in [0.05, 0.1) is 22.0 Å². The predicted octanol–water partition coefficient (Wildman–Crippen LogP) is 1.17. The van der Waals surface area contributed by atoms with E-state index in [-0.39, 0.29) is 4.90 Å². The summed E-state index contributed by atoms with van der Waals surface area (Å²) < 4.78 is 23.3. The van der Waals surface area contributed by atoms with Crippen LogP contribution in [0, 0.1) is 18.3 Å². The van der Waals surface area contributed by atoms with Crippen molar-refractivity contribution in [1.82, 2.24) is 9.97 Å². The van der Waals surface area contributed by atoms with Crippen molar-refractivity contribution in [2.45, 2.75) is 11.8 Å². The molecule has 0 bridgehead atoms. The topological polar surface area (TPSA) is 86.6 Å². The number of hydrogen-bond acceptors (Lipinski definition) is 4. The highest BCUT2D eigenvalue weighted by molar-refractivity contribution is 7.91. The molecule has 0 fully saturated rings. The SMILES string of the molecule is Cc1nc2ccc(S(=O)(=O)CC#N)cc2[nH]1. The zero-order valence-electron chi connectivity index (χ0n) is 8.56. The highest BCUT2D eigenvalue weighted by Crippen LogP contribution is 2.18. The minimum Gasteiger partial charge on any atom is -0.342 e. The van der Waals surface area contributed by atoms with Crippen LogP contribution in [0.3, 0.4) is 0 Å². The second-order valence-corrected chi connectivity index (χ2v) is 5.41. The fourth-order valence-corrected chi connectivity index (χ4v) is 2.39. The van der Waals surface area contributed by atoms with Gasteiger partial charge in [-0.1, -0.05) is 0 Å². The first-order valence-electron chi connectivity index (χ1n) is 4.59. The molecule has 6 heteroatoms. The van der Waals surface area contributed by atoms with Gasteiger partial charge in [-0.05, 0) is 25.1 Å². The third-order valence-electron chi connectivity index (χ3n) is 2.19. The number of aromatic amines is 1. The third kappa shape index (κ3) is 1.77. The third-order valence-corrected chi connectivity index (χ3v) is 3.67. The maximum atomic E-state index is 11.6. The maximum absolute atomic E-state index is 11.6. The molecular formula is C10H9N3O2S. The van der Waals surface area contributed by atoms with E-state index < -0.39 is 15.6 Å². The van der Waals surface area contributed by atoms with Crippen LogP contribution < -0.4 is 0 Å². The number of nitrogens with one attached hydrogen (secondary N) is 1. The van der Waals surface area contributed by atoms with E-state index in [1.54, 1.807) is 19.1 Å². The molecule has 1 aromatic carbocycles. The van der Waals surface area contributed by atoms with E-state index in [2.05, 4.69) is 9.97 Å². The van der Waals surface area contributed by atoms with Crippen molar-refractivity contribution in [3.8, 4) is 6.07 Å². The molecule has 0 aliphatic heterocycles. The number of fused-ring (bicyclic) bond motifs is 1. The van der Waals surface area contributed by atoms with Crippen molar-refractivity contribution in [1.29, 1.82) is 5.26 Å². The summed E-state index contributed by atoms with van der Waals surface area (Å²) in [4.78, 5) is 7.27. The van der Waals surface area contributed by atoms with Crippen LogP contribution in [0.25, 0.3) is 11.0 Å². The van der Waals surface area contributed by atoms with Gasteiger partial charge in [0.15, 0.2) is 9.84 Å². The van der Waals surface area contributed by atoms with Crippen LogP contribution in [0.5, 0.6) is 0 Å². The molecule has 2 aromatic rings. The quantitative estimate of drug-likeness (QED) is 0.846. The summed E-state index contributed by atoms with van der Waals surface area (Å²) >= 11 is 0. The fourth-order valence-electron chi connectivity index (χ4n) is 1.48. The average Bonchev–Trinajstić information content (AvgIpc) is 2.56. The van der Waals surface area contributed by atoms with E-state index in [9.17, 15) is 8.42 Å². The van der Waals surface area contributed by atoms with Gasteiger partial charge in [0.25, 0.3) is 0 Å². The number of hydrogen-bond donors (Lipinski definition) is 1. The molecule has 0 aliphatic rings. The first kappa shape index (κ1) is 10.6. The second-order valence-electron chi connectivity index (χ2n) is 3.42. The first-order chi connectivity index (χ1) is 7.53. The molecule has 0 unspecified atom stereocenters. The van der Waals surface area contributed by atoms with Crippen LogP contribution in [-0.2, 0) is 9.84 Å². The molecule has 1 N–H and O–H groups in total. The summed E-state index contributed by atoms with van der Waals surface area (Å²) in [5, 5.41) is 8.43. The number of aromatic nitrogens is 2. The lowest BCUT2D eigenvalue weighted by molar-refractivity contribution is 0.599. The van der Waals surface area contributed by atoms with Crippen molar-refractivity contribution in [2.75, 3.05) is 5.75 Å². The zero-order valence-corrected chi connectivity index (χ0v) is 9.37. The van der Waals surface area contributed by atoms with Gasteiger partial charge in [-0.2, -0.15) is 5.26 Å². The molecule has 0 saturated heterocycles. The van der Waals surface area contributed by atoms with Crippen LogP contribution >= 0.6 is 0 Å². The Morgan fingerprint density at radius 3 is 2.94 bits per heavy atom. The van der Waals surface area contributed by atoms with Crippen molar-refractivity contribution in [3.05, 3.63) is 24.0 Å². The Labute approximate surface area is 92.7 Å². The lowest BCUT2D eigenvalue weighted by Crippen LogP contribution is -2.04. The molecule has 16 heavy (non-hydrogen) atoms. The first-order valence-corrected chi connectivity index (χ1v) is 6.24. The number of aryl methyl sites for hydroxylation is 1. The van der Waals surface area contributed by atoms with Crippen LogP contribution in [0.15, 0.2) is 23.1 Å². The van der Waals surface area contributed by atoms with E-state index >= 15 is 0 Å². The van der Waals surface area contributed by atoms with Crippen molar-refractivity contribution >= 4 is 20.9 Å². The lowest BCUT2D eigenvalue weighted by Gasteiger charge is -1.98. The van der Waals surface area contributed by atoms with Gasteiger partial charge >= 0.3 is 0 Å². The minimum absolute atomic E-state index is 0.144. The highest BCUT2D eigenvalue weighted by Gasteiger charge is 2.14. The summed E-state index contributed by atoms with van der Waals surface area (Å²) in [6.45, 7) is 1.80. The molecular weight excluding hydrogens is 226 g/mol. The molecule has 0 amide bonds. The van der Waals surface area contributed by atoms with Gasteiger partial charge in [-0.15, -0.1) is 0 Å². The molecule has 0 radical (unpaired) electrons. The summed E-state index contributed by atoms with van der Waals surface area (Å²) in [7, 11) is -3.50. The number of rotatable bonds is 2. The van der Waals surface area contributed by atoms with Crippen LogP contribution in [0.1, 0.15) is 5.82 Å². The number of nitrogens with zero attached hydrogens (tertiary/aromatic N) is 2. The van der Waals surface area contributed by atoms with E-state index in [0.29, 0.717) is 11.0 Å². The van der Waals surface area contributed by atoms with Crippen LogP contribution in [-0.4, -0.2) is 24.1 Å². The Morgan fingerprint density at radius 1 is 1.50 bits per heavy atom. The highest BCUT2D eigenvalue weighted by atomic mass is 32.2. The smallest absolute Gasteiger partial charge is 0.191 e. The van der Waals surface area contributed by atoms with Gasteiger partial charge in [0.2, 0.25) is 0 Å². The Bertz CT molecular complexity index is 680. The lowest BCUT2D eigenvalue weighted by atomic mass is 10.3. The molecule has 2 rings (SSSR count). The minimum atomic E-state index is -3.50. The number of imidazole rings is 1. The number of benzene rings is 1. The average molecular weight is 235 g/mol. The largest absolute Gasteiger partial charge is 0.342 e. The van der Waals surface area contributed by atoms with E-state index in [0.717, 1.165) is 5.82 Å². The predicted molar refractivity (Wildman–Crippen MR) is 58.5 cm³/mol. The Balaban J connectivity index is 2.60. The molecule has 1 heterocycles. The van der Waals surface area contributed by atoms with Crippen molar-refractivity contribution in [2.24, 2.45) is 0 Å². The van der Waals surface area contributed by atoms with E-state index in [1.807, 2.05) is 0 Å². The normalized spacial score (nSPS) is 11.5. The van der Waals surface area contributed by atoms with Gasteiger partial charge < -0.3 is 4.98 Å². The van der Waals surface area contributed by atoms with Crippen LogP contribution in [0.2, 0.25) is 0 Å². The molecule has 0 spiro atoms. The second kappa shape index (κ2) is 3.61. The molecule has 1 aromatic heterocycles. The van der Waals surface area contributed by atoms with Gasteiger partial charge in [0, 0.05) is 0 Å². The molecule has 82 valence electrons. The summed E-state index contributed by atoms with van der Waals surface area (Å²) in [5.41, 5.74) is 1.38. The van der Waals surface area contributed by atoms with E-state index in [1.165, 1.54) is 12.1 Å². The summed E-state index contributed by atoms with van der Waals surface area (Å²) in [6.07, 6.45) is 0. The van der Waals surface area contributed by atoms with Crippen LogP contribution in [0.4, 0.5) is 0 Å². The van der Waals surface area contributed by atoms with Crippen molar-refractivity contribution in [3.63, 3.8) is 0 Å². The standard InChI is InChI=1S/C10H9N3O2S/c1-7-12-9-3-2-8(6-10(9)13-7)16(14,15)5-4-11/h2-3,6H,5H2,1H3,(H,12,13). The zero-order chi connectivity index (χ0) is 11.8. The molecule has 0 saturated carbocycles. The van der Waals surface area contributed by atoms with Gasteiger partial charge in [-0.3, -0.25) is 0 Å². The molecule has 5 nitrogen and oxygen atoms in total. The molecule has 0 atom stereocenters. The van der Waals surface area contributed by atoms with Crippen molar-refractivity contribution < 1.29 is 8.42 Å². The number of sulfone groups is 1. The Kier molecular flexibility index (Phi) is 2.40.